The van der Waals surface area contributed by atoms with Crippen LogP contribution in [-0.4, -0.2) is 18.5 Å². The van der Waals surface area contributed by atoms with Crippen LogP contribution in [0.2, 0.25) is 0 Å². The zero-order chi connectivity index (χ0) is 8.69. The molecule has 1 heterocycles. The quantitative estimate of drug-likeness (QED) is 0.576. The van der Waals surface area contributed by atoms with Crippen LogP contribution in [0, 0.1) is 5.92 Å². The van der Waals surface area contributed by atoms with Crippen molar-refractivity contribution in [2.24, 2.45) is 5.92 Å². The van der Waals surface area contributed by atoms with Crippen LogP contribution in [0.1, 0.15) is 26.7 Å². The molecule has 0 amide bonds. The fourth-order valence-corrected chi connectivity index (χ4v) is 1.14. The summed E-state index contributed by atoms with van der Waals surface area (Å²) in [5.74, 6) is 0.0559. The van der Waals surface area contributed by atoms with Gasteiger partial charge in [-0.1, -0.05) is 13.8 Å². The van der Waals surface area contributed by atoms with Gasteiger partial charge in [-0.05, 0) is 24.4 Å². The molecule has 66 valence electrons. The Morgan fingerprint density at radius 2 is 1.82 bits per heavy atom. The van der Waals surface area contributed by atoms with E-state index in [0.717, 1.165) is 12.8 Å². The highest BCUT2D eigenvalue weighted by atomic mass is 35.5. The Bertz CT molecular complexity index is 109. The Hall–Kier alpha value is -0.0800. The van der Waals surface area contributed by atoms with E-state index in [0.29, 0.717) is 13.2 Å². The predicted molar refractivity (Wildman–Crippen MR) is 45.8 cm³/mol. The van der Waals surface area contributed by atoms with Gasteiger partial charge in [0, 0.05) is 19.1 Å². The first-order valence-corrected chi connectivity index (χ1v) is 4.45. The first-order chi connectivity index (χ1) is 5.30. The van der Waals surface area contributed by atoms with Gasteiger partial charge in [0.15, 0.2) is 0 Å². The fourth-order valence-electron chi connectivity index (χ4n) is 0.925. The van der Waals surface area contributed by atoms with Crippen molar-refractivity contribution in [3.8, 4) is 0 Å². The second kappa shape index (κ2) is 6.62. The van der Waals surface area contributed by atoms with E-state index in [1.165, 1.54) is 0 Å². The molecular weight excluding hydrogens is 164 g/mol. The molecule has 1 aliphatic rings. The zero-order valence-electron chi connectivity index (χ0n) is 7.10. The van der Waals surface area contributed by atoms with Crippen molar-refractivity contribution in [3.05, 3.63) is 0 Å². The Morgan fingerprint density at radius 3 is 2.09 bits per heavy atom. The monoisotopic (exact) mass is 178 g/mol. The maximum Gasteiger partial charge on any atom is 0.224 e. The summed E-state index contributed by atoms with van der Waals surface area (Å²) in [7, 11) is 0. The van der Waals surface area contributed by atoms with Crippen molar-refractivity contribution in [2.45, 2.75) is 26.7 Å². The van der Waals surface area contributed by atoms with E-state index < -0.39 is 0 Å². The highest BCUT2D eigenvalue weighted by Crippen LogP contribution is 2.16. The third-order valence-electron chi connectivity index (χ3n) is 1.54. The molecule has 0 radical (unpaired) electrons. The molecule has 0 unspecified atom stereocenters. The smallest absolute Gasteiger partial charge is 0.224 e. The van der Waals surface area contributed by atoms with Crippen LogP contribution >= 0.6 is 11.6 Å². The molecule has 11 heavy (non-hydrogen) atoms. The Kier molecular flexibility index (Phi) is 6.57. The van der Waals surface area contributed by atoms with Gasteiger partial charge in [-0.25, -0.2) is 0 Å². The van der Waals surface area contributed by atoms with Gasteiger partial charge in [0.25, 0.3) is 0 Å². The van der Waals surface area contributed by atoms with Crippen LogP contribution in [0.15, 0.2) is 0 Å². The van der Waals surface area contributed by atoms with E-state index in [9.17, 15) is 4.79 Å². The van der Waals surface area contributed by atoms with Gasteiger partial charge >= 0.3 is 0 Å². The van der Waals surface area contributed by atoms with Crippen LogP contribution in [0.25, 0.3) is 0 Å². The van der Waals surface area contributed by atoms with E-state index in [2.05, 4.69) is 0 Å². The summed E-state index contributed by atoms with van der Waals surface area (Å²) < 4.78 is 5.04. The van der Waals surface area contributed by atoms with Crippen LogP contribution in [0.3, 0.4) is 0 Å². The summed E-state index contributed by atoms with van der Waals surface area (Å²) in [6, 6.07) is 0. The lowest BCUT2D eigenvalue weighted by Gasteiger charge is -2.17. The summed E-state index contributed by atoms with van der Waals surface area (Å²) in [6.07, 6.45) is 1.59. The normalized spacial score (nSPS) is 18.5. The summed E-state index contributed by atoms with van der Waals surface area (Å²) in [6.45, 7) is 5.37. The third kappa shape index (κ3) is 4.38. The van der Waals surface area contributed by atoms with E-state index in [1.807, 2.05) is 13.8 Å². The number of carbonyl (C=O) groups excluding carboxylic acids is 1. The SMILES string of the molecule is CC.O=C(Cl)C1CCOCC1. The van der Waals surface area contributed by atoms with Gasteiger partial charge in [-0.2, -0.15) is 0 Å². The maximum atomic E-state index is 10.5. The Morgan fingerprint density at radius 1 is 1.36 bits per heavy atom. The van der Waals surface area contributed by atoms with Crippen LogP contribution in [0.4, 0.5) is 0 Å². The van der Waals surface area contributed by atoms with Gasteiger partial charge < -0.3 is 4.74 Å². The minimum Gasteiger partial charge on any atom is -0.381 e. The minimum atomic E-state index is -0.210. The van der Waals surface area contributed by atoms with Gasteiger partial charge in [0.2, 0.25) is 5.24 Å². The number of hydrogen-bond acceptors (Lipinski definition) is 2. The van der Waals surface area contributed by atoms with E-state index >= 15 is 0 Å². The van der Waals surface area contributed by atoms with Gasteiger partial charge in [0.1, 0.15) is 0 Å². The molecule has 0 spiro atoms. The standard InChI is InChI=1S/C6H9ClO2.C2H6/c7-6(8)5-1-3-9-4-2-5;1-2/h5H,1-4H2;1-2H3. The topological polar surface area (TPSA) is 26.3 Å². The highest BCUT2D eigenvalue weighted by Gasteiger charge is 2.18. The molecule has 1 aliphatic heterocycles. The molecule has 1 fully saturated rings. The molecule has 0 N–H and O–H groups in total. The summed E-state index contributed by atoms with van der Waals surface area (Å²) in [5.41, 5.74) is 0. The molecule has 0 bridgehead atoms. The Balaban J connectivity index is 0.000000461. The van der Waals surface area contributed by atoms with E-state index in [-0.39, 0.29) is 11.2 Å². The lowest BCUT2D eigenvalue weighted by atomic mass is 10.0. The molecule has 3 heteroatoms. The molecule has 0 saturated carbocycles. The molecule has 1 rings (SSSR count). The number of carbonyl (C=O) groups is 1. The maximum absolute atomic E-state index is 10.5. The summed E-state index contributed by atoms with van der Waals surface area (Å²) >= 11 is 5.26. The number of ether oxygens (including phenoxy) is 1. The average molecular weight is 179 g/mol. The lowest BCUT2D eigenvalue weighted by Crippen LogP contribution is -2.19. The molecule has 0 atom stereocenters. The van der Waals surface area contributed by atoms with Crippen molar-refractivity contribution < 1.29 is 9.53 Å². The molecule has 0 aromatic rings. The molecule has 0 aromatic carbocycles. The first kappa shape index (κ1) is 10.9. The molecular formula is C8H15ClO2. The van der Waals surface area contributed by atoms with Crippen LogP contribution in [0.5, 0.6) is 0 Å². The van der Waals surface area contributed by atoms with Gasteiger partial charge in [0.05, 0.1) is 0 Å². The molecule has 0 aliphatic carbocycles. The van der Waals surface area contributed by atoms with Crippen molar-refractivity contribution in [1.29, 1.82) is 0 Å². The number of halogens is 1. The number of rotatable bonds is 1. The third-order valence-corrected chi connectivity index (χ3v) is 1.85. The molecule has 1 saturated heterocycles. The van der Waals surface area contributed by atoms with Crippen LogP contribution in [-0.2, 0) is 9.53 Å². The van der Waals surface area contributed by atoms with Crippen molar-refractivity contribution in [2.75, 3.05) is 13.2 Å². The van der Waals surface area contributed by atoms with Crippen LogP contribution < -0.4 is 0 Å². The Labute approximate surface area is 72.9 Å². The second-order valence-electron chi connectivity index (χ2n) is 2.19. The van der Waals surface area contributed by atoms with E-state index in [1.54, 1.807) is 0 Å². The average Bonchev–Trinajstić information content (AvgIpc) is 2.10. The lowest BCUT2D eigenvalue weighted by molar-refractivity contribution is -0.117. The predicted octanol–water partition coefficient (Wildman–Crippen LogP) is 2.20. The second-order valence-corrected chi connectivity index (χ2v) is 2.56. The highest BCUT2D eigenvalue weighted by molar-refractivity contribution is 6.63. The summed E-state index contributed by atoms with van der Waals surface area (Å²) in [4.78, 5) is 10.5. The van der Waals surface area contributed by atoms with Gasteiger partial charge in [-0.3, -0.25) is 4.79 Å². The van der Waals surface area contributed by atoms with Crippen molar-refractivity contribution >= 4 is 16.8 Å². The first-order valence-electron chi connectivity index (χ1n) is 4.08. The fraction of sp³-hybridized carbons (Fsp3) is 0.875. The van der Waals surface area contributed by atoms with Gasteiger partial charge in [-0.15, -0.1) is 0 Å². The summed E-state index contributed by atoms with van der Waals surface area (Å²) in [5, 5.41) is -0.210. The van der Waals surface area contributed by atoms with E-state index in [4.69, 9.17) is 16.3 Å². The minimum absolute atomic E-state index is 0.0559. The van der Waals surface area contributed by atoms with Crippen molar-refractivity contribution in [1.82, 2.24) is 0 Å². The molecule has 0 aromatic heterocycles. The van der Waals surface area contributed by atoms with Crippen molar-refractivity contribution in [3.63, 3.8) is 0 Å². The zero-order valence-corrected chi connectivity index (χ0v) is 7.86. The molecule has 2 nitrogen and oxygen atoms in total. The largest absolute Gasteiger partial charge is 0.381 e. The number of hydrogen-bond donors (Lipinski definition) is 0.